The molecule has 0 fully saturated rings. The number of hydrogen-bond acceptors (Lipinski definition) is 6. The van der Waals surface area contributed by atoms with Crippen LogP contribution in [0, 0.1) is 5.92 Å². The third kappa shape index (κ3) is 6.86. The zero-order valence-electron chi connectivity index (χ0n) is 19.2. The van der Waals surface area contributed by atoms with Gasteiger partial charge in [-0.25, -0.2) is 0 Å². The number of unbranched alkanes of at least 4 members (excludes halogenated alkanes) is 1. The fourth-order valence-corrected chi connectivity index (χ4v) is 3.87. The first-order valence-corrected chi connectivity index (χ1v) is 12.1. The Morgan fingerprint density at radius 1 is 1.03 bits per heavy atom. The number of ether oxygens (including phenoxy) is 1. The summed E-state index contributed by atoms with van der Waals surface area (Å²) < 4.78 is 5.65. The van der Waals surface area contributed by atoms with Crippen LogP contribution in [0.15, 0.2) is 54.6 Å². The first-order valence-electron chi connectivity index (χ1n) is 11.2. The summed E-state index contributed by atoms with van der Waals surface area (Å²) in [5.41, 5.74) is 1.41. The first-order chi connectivity index (χ1) is 16.0. The van der Waals surface area contributed by atoms with Gasteiger partial charge in [-0.1, -0.05) is 75.3 Å². The number of amides is 2. The third-order valence-corrected chi connectivity index (χ3v) is 6.23. The van der Waals surface area contributed by atoms with Crippen molar-refractivity contribution in [1.82, 2.24) is 15.5 Å². The van der Waals surface area contributed by atoms with Crippen LogP contribution in [0.2, 0.25) is 0 Å². The van der Waals surface area contributed by atoms with E-state index in [2.05, 4.69) is 27.8 Å². The van der Waals surface area contributed by atoms with Gasteiger partial charge in [0.1, 0.15) is 16.8 Å². The molecule has 2 amide bonds. The molecule has 0 saturated heterocycles. The zero-order valence-corrected chi connectivity index (χ0v) is 20.0. The average Bonchev–Trinajstić information content (AvgIpc) is 3.31. The number of anilines is 1. The summed E-state index contributed by atoms with van der Waals surface area (Å²) in [7, 11) is 0. The summed E-state index contributed by atoms with van der Waals surface area (Å²) in [6, 6.07) is 15.9. The Morgan fingerprint density at radius 2 is 1.76 bits per heavy atom. The smallest absolute Gasteiger partial charge is 0.251 e. The quantitative estimate of drug-likeness (QED) is 0.381. The SMILES string of the molecule is CCCCOc1ccc(C(=O)N[C@H](C(=O)Nc2nnc(-c3ccccc3)s2)[C@H](C)CC)cc1. The molecule has 33 heavy (non-hydrogen) atoms. The normalized spacial score (nSPS) is 12.6. The highest BCUT2D eigenvalue weighted by Crippen LogP contribution is 2.26. The molecule has 3 aromatic rings. The van der Waals surface area contributed by atoms with Gasteiger partial charge >= 0.3 is 0 Å². The predicted molar refractivity (Wildman–Crippen MR) is 132 cm³/mol. The number of benzene rings is 2. The van der Waals surface area contributed by atoms with E-state index in [1.807, 2.05) is 44.2 Å². The highest BCUT2D eigenvalue weighted by atomic mass is 32.1. The lowest BCUT2D eigenvalue weighted by Crippen LogP contribution is -2.47. The molecule has 2 atom stereocenters. The number of rotatable bonds is 11. The molecule has 2 N–H and O–H groups in total. The summed E-state index contributed by atoms with van der Waals surface area (Å²) in [5.74, 6) is 0.0413. The van der Waals surface area contributed by atoms with Gasteiger partial charge in [0, 0.05) is 11.1 Å². The summed E-state index contributed by atoms with van der Waals surface area (Å²) in [6.07, 6.45) is 2.77. The minimum Gasteiger partial charge on any atom is -0.494 e. The number of aromatic nitrogens is 2. The molecule has 8 heteroatoms. The van der Waals surface area contributed by atoms with Gasteiger partial charge in [0.2, 0.25) is 11.0 Å². The fraction of sp³-hybridized carbons (Fsp3) is 0.360. The van der Waals surface area contributed by atoms with E-state index >= 15 is 0 Å². The molecule has 2 aromatic carbocycles. The minimum atomic E-state index is -0.702. The van der Waals surface area contributed by atoms with Gasteiger partial charge in [-0.2, -0.15) is 0 Å². The van der Waals surface area contributed by atoms with E-state index in [0.29, 0.717) is 17.3 Å². The van der Waals surface area contributed by atoms with Gasteiger partial charge in [-0.15, -0.1) is 10.2 Å². The van der Waals surface area contributed by atoms with Crippen molar-refractivity contribution in [3.05, 3.63) is 60.2 Å². The highest BCUT2D eigenvalue weighted by molar-refractivity contribution is 7.18. The Bertz CT molecular complexity index is 1040. The third-order valence-electron chi connectivity index (χ3n) is 5.34. The average molecular weight is 467 g/mol. The molecule has 0 saturated carbocycles. The molecular weight excluding hydrogens is 436 g/mol. The number of hydrogen-bond donors (Lipinski definition) is 2. The van der Waals surface area contributed by atoms with E-state index in [9.17, 15) is 9.59 Å². The van der Waals surface area contributed by atoms with Crippen LogP contribution < -0.4 is 15.4 Å². The largest absolute Gasteiger partial charge is 0.494 e. The molecule has 0 bridgehead atoms. The Balaban J connectivity index is 1.65. The van der Waals surface area contributed by atoms with Gasteiger partial charge in [-0.05, 0) is 36.6 Å². The zero-order chi connectivity index (χ0) is 23.6. The highest BCUT2D eigenvalue weighted by Gasteiger charge is 2.27. The summed E-state index contributed by atoms with van der Waals surface area (Å²) in [5, 5.41) is 15.1. The maximum absolute atomic E-state index is 13.0. The molecule has 1 aromatic heterocycles. The molecule has 0 aliphatic heterocycles. The fourth-order valence-electron chi connectivity index (χ4n) is 3.12. The standard InChI is InChI=1S/C25H30N4O3S/c1-4-6-16-32-20-14-12-18(13-15-20)22(30)26-21(17(3)5-2)23(31)27-25-29-28-24(33-25)19-10-8-7-9-11-19/h7-15,17,21H,4-6,16H2,1-3H3,(H,26,30)(H,27,29,31)/t17-,21+/m1/s1. The second-order valence-electron chi connectivity index (χ2n) is 7.83. The molecule has 174 valence electrons. The minimum absolute atomic E-state index is 0.0629. The Labute approximate surface area is 198 Å². The van der Waals surface area contributed by atoms with Gasteiger partial charge in [0.15, 0.2) is 0 Å². The van der Waals surface area contributed by atoms with E-state index in [1.165, 1.54) is 11.3 Å². The molecule has 0 radical (unpaired) electrons. The van der Waals surface area contributed by atoms with Gasteiger partial charge < -0.3 is 10.1 Å². The van der Waals surface area contributed by atoms with E-state index < -0.39 is 6.04 Å². The second kappa shape index (κ2) is 12.1. The van der Waals surface area contributed by atoms with Gasteiger partial charge in [0.05, 0.1) is 6.61 Å². The van der Waals surface area contributed by atoms with Crippen LogP contribution in [0.4, 0.5) is 5.13 Å². The van der Waals surface area contributed by atoms with Crippen molar-refractivity contribution >= 4 is 28.3 Å². The number of carbonyl (C=O) groups is 2. The van der Waals surface area contributed by atoms with E-state index in [0.717, 1.165) is 35.6 Å². The van der Waals surface area contributed by atoms with E-state index in [4.69, 9.17) is 4.74 Å². The summed E-state index contributed by atoms with van der Waals surface area (Å²) in [6.45, 7) is 6.67. The number of nitrogens with one attached hydrogen (secondary N) is 2. The predicted octanol–water partition coefficient (Wildman–Crippen LogP) is 5.17. The van der Waals surface area contributed by atoms with Crippen LogP contribution in [-0.4, -0.2) is 34.7 Å². The topological polar surface area (TPSA) is 93.2 Å². The molecule has 1 heterocycles. The summed E-state index contributed by atoms with van der Waals surface area (Å²) in [4.78, 5) is 25.9. The lowest BCUT2D eigenvalue weighted by Gasteiger charge is -2.23. The molecule has 3 rings (SSSR count). The lowest BCUT2D eigenvalue weighted by atomic mass is 9.98. The molecule has 0 spiro atoms. The molecule has 7 nitrogen and oxygen atoms in total. The van der Waals surface area contributed by atoms with Crippen LogP contribution in [0.3, 0.4) is 0 Å². The second-order valence-corrected chi connectivity index (χ2v) is 8.81. The Hall–Kier alpha value is -3.26. The first kappa shape index (κ1) is 24.4. The summed E-state index contributed by atoms with van der Waals surface area (Å²) >= 11 is 1.30. The molecule has 0 aliphatic rings. The molecular formula is C25H30N4O3S. The van der Waals surface area contributed by atoms with Crippen molar-refractivity contribution in [2.45, 2.75) is 46.1 Å². The maximum Gasteiger partial charge on any atom is 0.251 e. The van der Waals surface area contributed by atoms with Crippen LogP contribution in [0.25, 0.3) is 10.6 Å². The Kier molecular flexibility index (Phi) is 8.95. The van der Waals surface area contributed by atoms with Crippen molar-refractivity contribution < 1.29 is 14.3 Å². The van der Waals surface area contributed by atoms with Crippen molar-refractivity contribution in [1.29, 1.82) is 0 Å². The van der Waals surface area contributed by atoms with Gasteiger partial charge in [0.25, 0.3) is 5.91 Å². The number of nitrogens with zero attached hydrogens (tertiary/aromatic N) is 2. The van der Waals surface area contributed by atoms with Crippen molar-refractivity contribution in [2.75, 3.05) is 11.9 Å². The molecule has 0 aliphatic carbocycles. The van der Waals surface area contributed by atoms with Gasteiger partial charge in [-0.3, -0.25) is 14.9 Å². The van der Waals surface area contributed by atoms with Crippen LogP contribution in [0.1, 0.15) is 50.4 Å². The monoisotopic (exact) mass is 466 g/mol. The van der Waals surface area contributed by atoms with Crippen molar-refractivity contribution in [3.8, 4) is 16.3 Å². The van der Waals surface area contributed by atoms with Crippen molar-refractivity contribution in [3.63, 3.8) is 0 Å². The Morgan fingerprint density at radius 3 is 2.42 bits per heavy atom. The number of carbonyl (C=O) groups excluding carboxylic acids is 2. The van der Waals surface area contributed by atoms with E-state index in [1.54, 1.807) is 24.3 Å². The van der Waals surface area contributed by atoms with E-state index in [-0.39, 0.29) is 17.7 Å². The lowest BCUT2D eigenvalue weighted by molar-refractivity contribution is -0.119. The molecule has 0 unspecified atom stereocenters. The van der Waals surface area contributed by atoms with Crippen LogP contribution >= 0.6 is 11.3 Å². The van der Waals surface area contributed by atoms with Crippen LogP contribution in [-0.2, 0) is 4.79 Å². The van der Waals surface area contributed by atoms with Crippen molar-refractivity contribution in [2.24, 2.45) is 5.92 Å². The maximum atomic E-state index is 13.0. The van der Waals surface area contributed by atoms with Crippen LogP contribution in [0.5, 0.6) is 5.75 Å².